The summed E-state index contributed by atoms with van der Waals surface area (Å²) < 4.78 is 0. The number of nitrogens with zero attached hydrogens (tertiary/aromatic N) is 3. The van der Waals surface area contributed by atoms with Gasteiger partial charge in [0.1, 0.15) is 0 Å². The lowest BCUT2D eigenvalue weighted by molar-refractivity contribution is 0.723. The Morgan fingerprint density at radius 3 is 1.83 bits per heavy atom. The molecule has 3 nitrogen and oxygen atoms in total. The highest BCUT2D eigenvalue weighted by atomic mass is 32.2. The molecule has 1 unspecified atom stereocenters. The van der Waals surface area contributed by atoms with Crippen molar-refractivity contribution < 1.29 is 0 Å². The minimum Gasteiger partial charge on any atom is -0.258 e. The quantitative estimate of drug-likeness (QED) is 0.185. The summed E-state index contributed by atoms with van der Waals surface area (Å²) in [6.07, 6.45) is 0. The topological polar surface area (TPSA) is 38.7 Å². The summed E-state index contributed by atoms with van der Waals surface area (Å²) in [6.45, 7) is 4.19. The lowest BCUT2D eigenvalue weighted by atomic mass is 9.66. The van der Waals surface area contributed by atoms with E-state index >= 15 is 0 Å². The highest BCUT2D eigenvalue weighted by Crippen LogP contribution is 2.63. The van der Waals surface area contributed by atoms with Crippen LogP contribution in [0, 0.1) is 13.8 Å². The zero-order valence-electron chi connectivity index (χ0n) is 28.8. The lowest BCUT2D eigenvalue weighted by Gasteiger charge is -2.40. The summed E-state index contributed by atoms with van der Waals surface area (Å²) in [5.41, 5.74) is 16.6. The lowest BCUT2D eigenvalue weighted by Crippen LogP contribution is -2.32. The molecule has 0 saturated heterocycles. The molecule has 0 fully saturated rings. The SMILES string of the molecule is Cc1ccc(-c2cccc3c2Sc2ccccc2C32c3ccccc3-c3ccc(-c4cc(-c5ccccc5)nc(-c5ccccc5)n4)cc32)c(C)n1. The van der Waals surface area contributed by atoms with Gasteiger partial charge in [-0.2, -0.15) is 0 Å². The third-order valence-electron chi connectivity index (χ3n) is 10.6. The zero-order chi connectivity index (χ0) is 34.8. The summed E-state index contributed by atoms with van der Waals surface area (Å²) in [7, 11) is 0. The van der Waals surface area contributed by atoms with Gasteiger partial charge in [0.2, 0.25) is 0 Å². The van der Waals surface area contributed by atoms with Gasteiger partial charge in [0, 0.05) is 43.4 Å². The third kappa shape index (κ3) is 4.64. The number of rotatable bonds is 4. The summed E-state index contributed by atoms with van der Waals surface area (Å²) in [5, 5.41) is 0. The van der Waals surface area contributed by atoms with E-state index in [2.05, 4.69) is 153 Å². The summed E-state index contributed by atoms with van der Waals surface area (Å²) in [5.74, 6) is 0.715. The van der Waals surface area contributed by atoms with Crippen LogP contribution in [0.2, 0.25) is 0 Å². The molecule has 0 amide bonds. The van der Waals surface area contributed by atoms with Gasteiger partial charge in [-0.25, -0.2) is 9.97 Å². The first-order valence-corrected chi connectivity index (χ1v) is 18.5. The minimum absolute atomic E-state index is 0.529. The summed E-state index contributed by atoms with van der Waals surface area (Å²) in [4.78, 5) is 17.8. The van der Waals surface area contributed by atoms with E-state index in [1.807, 2.05) is 36.0 Å². The van der Waals surface area contributed by atoms with Crippen molar-refractivity contribution in [2.75, 3.05) is 0 Å². The highest BCUT2D eigenvalue weighted by Gasteiger charge is 2.50. The van der Waals surface area contributed by atoms with Crippen LogP contribution in [-0.2, 0) is 5.41 Å². The van der Waals surface area contributed by atoms with Crippen LogP contribution < -0.4 is 0 Å². The second-order valence-electron chi connectivity index (χ2n) is 13.6. The van der Waals surface area contributed by atoms with E-state index in [-0.39, 0.29) is 0 Å². The molecule has 10 rings (SSSR count). The predicted octanol–water partition coefficient (Wildman–Crippen LogP) is 12.0. The van der Waals surface area contributed by atoms with E-state index in [1.165, 1.54) is 54.3 Å². The van der Waals surface area contributed by atoms with Crippen molar-refractivity contribution in [2.45, 2.75) is 29.1 Å². The molecular formula is C48H33N3S. The maximum Gasteiger partial charge on any atom is 0.160 e. The maximum absolute atomic E-state index is 5.24. The molecule has 0 N–H and O–H groups in total. The number of hydrogen-bond donors (Lipinski definition) is 0. The number of hydrogen-bond acceptors (Lipinski definition) is 4. The second-order valence-corrected chi connectivity index (χ2v) is 14.7. The molecule has 1 spiro atoms. The molecule has 246 valence electrons. The molecule has 2 aliphatic rings. The Hall–Kier alpha value is -6.10. The largest absolute Gasteiger partial charge is 0.258 e. The highest BCUT2D eigenvalue weighted by molar-refractivity contribution is 7.99. The van der Waals surface area contributed by atoms with E-state index in [0.717, 1.165) is 39.5 Å². The van der Waals surface area contributed by atoms with Crippen molar-refractivity contribution in [1.82, 2.24) is 15.0 Å². The molecule has 8 aromatic rings. The maximum atomic E-state index is 5.24. The van der Waals surface area contributed by atoms with Crippen molar-refractivity contribution in [2.24, 2.45) is 0 Å². The minimum atomic E-state index is -0.529. The van der Waals surface area contributed by atoms with Gasteiger partial charge < -0.3 is 0 Å². The van der Waals surface area contributed by atoms with Gasteiger partial charge in [-0.1, -0.05) is 151 Å². The number of fused-ring (bicyclic) bond motifs is 9. The van der Waals surface area contributed by atoms with Crippen molar-refractivity contribution in [3.63, 3.8) is 0 Å². The standard InChI is InChI=1S/C48H33N3S/c1-30-24-26-35(31(2)49-30)38-19-13-22-41-46(38)52-45-23-12-11-21-40(45)48(41)39-20-10-9-18-36(39)37-27-25-34(28-42(37)48)44-29-43(32-14-5-3-6-15-32)50-47(51-44)33-16-7-4-8-17-33/h3-29H,1-2H3. The molecule has 0 saturated carbocycles. The normalized spacial score (nSPS) is 15.1. The number of pyridine rings is 1. The average molecular weight is 684 g/mol. The fourth-order valence-corrected chi connectivity index (χ4v) is 9.65. The van der Waals surface area contributed by atoms with E-state index in [1.54, 1.807) is 0 Å². The van der Waals surface area contributed by atoms with Crippen LogP contribution in [0.1, 0.15) is 33.6 Å². The van der Waals surface area contributed by atoms with E-state index in [9.17, 15) is 0 Å². The molecule has 2 aromatic heterocycles. The van der Waals surface area contributed by atoms with Gasteiger partial charge in [0.25, 0.3) is 0 Å². The first kappa shape index (κ1) is 30.7. The predicted molar refractivity (Wildman–Crippen MR) is 212 cm³/mol. The molecule has 3 heterocycles. The van der Waals surface area contributed by atoms with Gasteiger partial charge in [0.05, 0.1) is 16.8 Å². The molecule has 0 bridgehead atoms. The Kier molecular flexibility index (Phi) is 7.09. The molecular weight excluding hydrogens is 651 g/mol. The number of benzene rings is 6. The van der Waals surface area contributed by atoms with Crippen LogP contribution in [-0.4, -0.2) is 15.0 Å². The smallest absolute Gasteiger partial charge is 0.160 e. The van der Waals surface area contributed by atoms with Crippen LogP contribution in [0.4, 0.5) is 0 Å². The Morgan fingerprint density at radius 1 is 0.423 bits per heavy atom. The van der Waals surface area contributed by atoms with Crippen molar-refractivity contribution in [3.8, 4) is 56.2 Å². The monoisotopic (exact) mass is 683 g/mol. The average Bonchev–Trinajstić information content (AvgIpc) is 3.48. The first-order chi connectivity index (χ1) is 25.6. The Morgan fingerprint density at radius 2 is 1.04 bits per heavy atom. The number of aromatic nitrogens is 3. The number of aryl methyl sites for hydroxylation is 2. The van der Waals surface area contributed by atoms with Crippen LogP contribution >= 0.6 is 11.8 Å². The molecule has 1 atom stereocenters. The third-order valence-corrected chi connectivity index (χ3v) is 11.8. The first-order valence-electron chi connectivity index (χ1n) is 17.7. The molecule has 0 radical (unpaired) electrons. The molecule has 4 heteroatoms. The fraction of sp³-hybridized carbons (Fsp3) is 0.0625. The van der Waals surface area contributed by atoms with Gasteiger partial charge in [-0.05, 0) is 77.1 Å². The fourth-order valence-electron chi connectivity index (χ4n) is 8.33. The van der Waals surface area contributed by atoms with Gasteiger partial charge in [-0.15, -0.1) is 0 Å². The van der Waals surface area contributed by atoms with Crippen molar-refractivity contribution in [3.05, 3.63) is 197 Å². The van der Waals surface area contributed by atoms with Crippen LogP contribution in [0.5, 0.6) is 0 Å². The van der Waals surface area contributed by atoms with Crippen LogP contribution in [0.3, 0.4) is 0 Å². The second kappa shape index (κ2) is 12.0. The van der Waals surface area contributed by atoms with Gasteiger partial charge in [-0.3, -0.25) is 4.98 Å². The van der Waals surface area contributed by atoms with Gasteiger partial charge >= 0.3 is 0 Å². The molecule has 1 aliphatic heterocycles. The van der Waals surface area contributed by atoms with E-state index < -0.39 is 5.41 Å². The Bertz CT molecular complexity index is 2630. The Balaban J connectivity index is 1.26. The van der Waals surface area contributed by atoms with Crippen molar-refractivity contribution in [1.29, 1.82) is 0 Å². The van der Waals surface area contributed by atoms with E-state index in [0.29, 0.717) is 5.82 Å². The van der Waals surface area contributed by atoms with Gasteiger partial charge in [0.15, 0.2) is 5.82 Å². The molecule has 52 heavy (non-hydrogen) atoms. The van der Waals surface area contributed by atoms with Crippen molar-refractivity contribution >= 4 is 11.8 Å². The summed E-state index contributed by atoms with van der Waals surface area (Å²) in [6, 6.07) is 59.0. The molecule has 6 aromatic carbocycles. The Labute approximate surface area is 308 Å². The van der Waals surface area contributed by atoms with Crippen LogP contribution in [0.15, 0.2) is 174 Å². The van der Waals surface area contributed by atoms with E-state index in [4.69, 9.17) is 15.0 Å². The molecule has 1 aliphatic carbocycles. The zero-order valence-corrected chi connectivity index (χ0v) is 29.7. The summed E-state index contributed by atoms with van der Waals surface area (Å²) >= 11 is 1.88. The van der Waals surface area contributed by atoms with Crippen LogP contribution in [0.25, 0.3) is 56.2 Å².